The molecule has 2 nitrogen and oxygen atoms in total. The van der Waals surface area contributed by atoms with Crippen molar-refractivity contribution in [2.45, 2.75) is 6.92 Å². The van der Waals surface area contributed by atoms with E-state index in [0.29, 0.717) is 5.82 Å². The molecular weight excluding hydrogens is 148 g/mol. The first-order valence-corrected chi connectivity index (χ1v) is 3.72. The van der Waals surface area contributed by atoms with Crippen molar-refractivity contribution in [3.63, 3.8) is 0 Å². The highest BCUT2D eigenvalue weighted by Crippen LogP contribution is 2.12. The molecule has 2 aromatic rings. The van der Waals surface area contributed by atoms with Crippen molar-refractivity contribution >= 4 is 11.0 Å². The van der Waals surface area contributed by atoms with Gasteiger partial charge in [-0.15, -0.1) is 6.42 Å². The summed E-state index contributed by atoms with van der Waals surface area (Å²) in [5.41, 5.74) is 3.13. The Labute approximate surface area is 70.6 Å². The van der Waals surface area contributed by atoms with Crippen molar-refractivity contribution in [3.05, 3.63) is 29.6 Å². The Bertz CT molecular complexity index is 460. The quantitative estimate of drug-likeness (QED) is 0.579. The van der Waals surface area contributed by atoms with Gasteiger partial charge in [-0.25, -0.2) is 4.98 Å². The van der Waals surface area contributed by atoms with Gasteiger partial charge in [-0.2, -0.15) is 0 Å². The number of rotatable bonds is 0. The number of aromatic amines is 1. The topological polar surface area (TPSA) is 28.7 Å². The van der Waals surface area contributed by atoms with Gasteiger partial charge in [0.25, 0.3) is 0 Å². The molecule has 0 aliphatic heterocycles. The van der Waals surface area contributed by atoms with E-state index >= 15 is 0 Å². The molecule has 12 heavy (non-hydrogen) atoms. The molecule has 0 radical (unpaired) electrons. The standard InChI is InChI=1S/C10H8N2/c1-3-10-11-8-5-4-7(2)6-9(8)12-10/h1,4-6H,2H3,(H,11,12). The minimum atomic E-state index is 0.593. The van der Waals surface area contributed by atoms with E-state index in [2.05, 4.69) is 15.9 Å². The number of benzene rings is 1. The van der Waals surface area contributed by atoms with Crippen LogP contribution < -0.4 is 0 Å². The number of hydrogen-bond acceptors (Lipinski definition) is 1. The normalized spacial score (nSPS) is 10.0. The Morgan fingerprint density at radius 1 is 1.50 bits per heavy atom. The first kappa shape index (κ1) is 6.93. The van der Waals surface area contributed by atoms with E-state index in [9.17, 15) is 0 Å². The summed E-state index contributed by atoms with van der Waals surface area (Å²) in [7, 11) is 0. The molecule has 1 heterocycles. The Balaban J connectivity index is 2.77. The van der Waals surface area contributed by atoms with Crippen molar-refractivity contribution in [1.29, 1.82) is 0 Å². The first-order chi connectivity index (χ1) is 5.79. The maximum atomic E-state index is 5.21. The second-order valence-corrected chi connectivity index (χ2v) is 2.75. The predicted octanol–water partition coefficient (Wildman–Crippen LogP) is 1.85. The van der Waals surface area contributed by atoms with E-state index in [1.807, 2.05) is 25.1 Å². The van der Waals surface area contributed by atoms with E-state index in [4.69, 9.17) is 6.42 Å². The molecule has 0 saturated heterocycles. The van der Waals surface area contributed by atoms with Gasteiger partial charge in [0.05, 0.1) is 11.0 Å². The molecule has 0 bridgehead atoms. The molecular formula is C10H8N2. The lowest BCUT2D eigenvalue weighted by molar-refractivity contribution is 1.28. The van der Waals surface area contributed by atoms with Crippen LogP contribution in [0.1, 0.15) is 11.4 Å². The average molecular weight is 156 g/mol. The maximum Gasteiger partial charge on any atom is 0.183 e. The summed E-state index contributed by atoms with van der Waals surface area (Å²) in [6.45, 7) is 2.04. The summed E-state index contributed by atoms with van der Waals surface area (Å²) < 4.78 is 0. The third-order valence-electron chi connectivity index (χ3n) is 1.77. The van der Waals surface area contributed by atoms with Gasteiger partial charge in [0, 0.05) is 0 Å². The van der Waals surface area contributed by atoms with Crippen LogP contribution in [-0.4, -0.2) is 9.97 Å². The molecule has 0 unspecified atom stereocenters. The smallest absolute Gasteiger partial charge is 0.183 e. The predicted molar refractivity (Wildman–Crippen MR) is 48.8 cm³/mol. The molecule has 2 heteroatoms. The zero-order valence-electron chi connectivity index (χ0n) is 6.76. The zero-order chi connectivity index (χ0) is 8.55. The van der Waals surface area contributed by atoms with Gasteiger partial charge in [-0.3, -0.25) is 0 Å². The second-order valence-electron chi connectivity index (χ2n) is 2.75. The highest BCUT2D eigenvalue weighted by Gasteiger charge is 1.98. The zero-order valence-corrected chi connectivity index (χ0v) is 6.76. The van der Waals surface area contributed by atoms with Crippen LogP contribution in [0.15, 0.2) is 18.2 Å². The lowest BCUT2D eigenvalue weighted by Crippen LogP contribution is -1.72. The van der Waals surface area contributed by atoms with Crippen LogP contribution in [0.4, 0.5) is 0 Å². The molecule has 0 atom stereocenters. The van der Waals surface area contributed by atoms with Gasteiger partial charge >= 0.3 is 0 Å². The van der Waals surface area contributed by atoms with E-state index in [0.717, 1.165) is 11.0 Å². The summed E-state index contributed by atoms with van der Waals surface area (Å²) in [5.74, 6) is 3.06. The molecule has 0 saturated carbocycles. The van der Waals surface area contributed by atoms with E-state index in [-0.39, 0.29) is 0 Å². The molecule has 0 fully saturated rings. The monoisotopic (exact) mass is 156 g/mol. The lowest BCUT2D eigenvalue weighted by Gasteiger charge is -1.89. The average Bonchev–Trinajstić information content (AvgIpc) is 2.46. The Hall–Kier alpha value is -1.75. The highest BCUT2D eigenvalue weighted by molar-refractivity contribution is 5.76. The van der Waals surface area contributed by atoms with Gasteiger partial charge in [0.1, 0.15) is 0 Å². The molecule has 2 rings (SSSR count). The summed E-state index contributed by atoms with van der Waals surface area (Å²) in [6.07, 6.45) is 5.21. The molecule has 1 aromatic carbocycles. The molecule has 0 spiro atoms. The number of hydrogen-bond donors (Lipinski definition) is 1. The van der Waals surface area contributed by atoms with E-state index < -0.39 is 0 Å². The van der Waals surface area contributed by atoms with Crippen LogP contribution in [-0.2, 0) is 0 Å². The summed E-state index contributed by atoms with van der Waals surface area (Å²) in [6, 6.07) is 6.01. The van der Waals surface area contributed by atoms with Crippen molar-refractivity contribution in [2.75, 3.05) is 0 Å². The number of aromatic nitrogens is 2. The van der Waals surface area contributed by atoms with Gasteiger partial charge < -0.3 is 4.98 Å². The van der Waals surface area contributed by atoms with Gasteiger partial charge in [0.2, 0.25) is 0 Å². The second kappa shape index (κ2) is 2.38. The Kier molecular flexibility index (Phi) is 1.38. The van der Waals surface area contributed by atoms with Crippen molar-refractivity contribution in [2.24, 2.45) is 0 Å². The largest absolute Gasteiger partial charge is 0.331 e. The van der Waals surface area contributed by atoms with Crippen molar-refractivity contribution < 1.29 is 0 Å². The Morgan fingerprint density at radius 3 is 3.08 bits per heavy atom. The molecule has 0 aliphatic rings. The summed E-state index contributed by atoms with van der Waals surface area (Å²) >= 11 is 0. The Morgan fingerprint density at radius 2 is 2.33 bits per heavy atom. The minimum absolute atomic E-state index is 0.593. The van der Waals surface area contributed by atoms with Crippen molar-refractivity contribution in [3.8, 4) is 12.3 Å². The fourth-order valence-electron chi connectivity index (χ4n) is 1.19. The fraction of sp³-hybridized carbons (Fsp3) is 0.100. The van der Waals surface area contributed by atoms with Gasteiger partial charge in [0.15, 0.2) is 5.82 Å². The third-order valence-corrected chi connectivity index (χ3v) is 1.77. The third kappa shape index (κ3) is 0.960. The van der Waals surface area contributed by atoms with Crippen LogP contribution in [0.2, 0.25) is 0 Å². The highest BCUT2D eigenvalue weighted by atomic mass is 14.9. The molecule has 0 amide bonds. The van der Waals surface area contributed by atoms with E-state index in [1.165, 1.54) is 5.56 Å². The summed E-state index contributed by atoms with van der Waals surface area (Å²) in [4.78, 5) is 7.22. The number of nitrogens with one attached hydrogen (secondary N) is 1. The van der Waals surface area contributed by atoms with E-state index in [1.54, 1.807) is 0 Å². The minimum Gasteiger partial charge on any atom is -0.331 e. The number of nitrogens with zero attached hydrogens (tertiary/aromatic N) is 1. The molecule has 1 aromatic heterocycles. The first-order valence-electron chi connectivity index (χ1n) is 3.72. The fourth-order valence-corrected chi connectivity index (χ4v) is 1.19. The maximum absolute atomic E-state index is 5.21. The van der Waals surface area contributed by atoms with Crippen molar-refractivity contribution in [1.82, 2.24) is 9.97 Å². The number of fused-ring (bicyclic) bond motifs is 1. The molecule has 58 valence electrons. The SMILES string of the molecule is C#Cc1nc2ccc(C)cc2[nH]1. The van der Waals surface area contributed by atoms with Crippen LogP contribution in [0.3, 0.4) is 0 Å². The number of aryl methyl sites for hydroxylation is 1. The number of terminal acetylenes is 1. The summed E-state index contributed by atoms with van der Waals surface area (Å²) in [5, 5.41) is 0. The van der Waals surface area contributed by atoms with Crippen LogP contribution in [0.25, 0.3) is 11.0 Å². The number of imidazole rings is 1. The van der Waals surface area contributed by atoms with Crippen LogP contribution in [0.5, 0.6) is 0 Å². The number of H-pyrrole nitrogens is 1. The molecule has 1 N–H and O–H groups in total. The van der Waals surface area contributed by atoms with Gasteiger partial charge in [-0.05, 0) is 30.5 Å². The van der Waals surface area contributed by atoms with Crippen LogP contribution >= 0.6 is 0 Å². The van der Waals surface area contributed by atoms with Gasteiger partial charge in [-0.1, -0.05) is 6.07 Å². The van der Waals surface area contributed by atoms with Crippen LogP contribution in [0, 0.1) is 19.3 Å². The lowest BCUT2D eigenvalue weighted by atomic mass is 10.2. The molecule has 0 aliphatic carbocycles.